The topological polar surface area (TPSA) is 273 Å². The third-order valence-corrected chi connectivity index (χ3v) is 12.0. The highest BCUT2D eigenvalue weighted by Crippen LogP contribution is 2.57. The van der Waals surface area contributed by atoms with Crippen LogP contribution in [0, 0.1) is 0 Å². The van der Waals surface area contributed by atoms with Crippen molar-refractivity contribution in [3.63, 3.8) is 0 Å². The number of amides is 3. The fourth-order valence-corrected chi connectivity index (χ4v) is 8.75. The molecular formula is C43H41N9O11S. The number of carbonyl (C=O) groups excluding carboxylic acids is 4. The molecule has 20 nitrogen and oxygen atoms in total. The van der Waals surface area contributed by atoms with Gasteiger partial charge in [0.25, 0.3) is 11.8 Å². The monoisotopic (exact) mass is 891 g/mol. The molecule has 3 aliphatic heterocycles. The van der Waals surface area contributed by atoms with Crippen LogP contribution in [0.4, 0.5) is 5.69 Å². The Bertz CT molecular complexity index is 2680. The van der Waals surface area contributed by atoms with Crippen molar-refractivity contribution < 1.29 is 53.3 Å². The van der Waals surface area contributed by atoms with E-state index in [2.05, 4.69) is 36.7 Å². The van der Waals surface area contributed by atoms with Gasteiger partial charge in [-0.25, -0.2) is 14.3 Å². The molecule has 4 aliphatic rings. The fraction of sp³-hybridized carbons (Fsp3) is 0.326. The molecule has 3 aromatic carbocycles. The molecule has 2 fully saturated rings. The first-order valence-corrected chi connectivity index (χ1v) is 20.9. The lowest BCUT2D eigenvalue weighted by molar-refractivity contribution is -0.142. The van der Waals surface area contributed by atoms with Crippen molar-refractivity contribution in [1.82, 2.24) is 41.0 Å². The van der Waals surface area contributed by atoms with Crippen LogP contribution in [0.5, 0.6) is 23.0 Å². The van der Waals surface area contributed by atoms with Crippen LogP contribution in [0.1, 0.15) is 98.1 Å². The summed E-state index contributed by atoms with van der Waals surface area (Å²) in [5.41, 5.74) is 1.27. The first kappa shape index (κ1) is 41.8. The molecule has 0 bridgehead atoms. The normalized spacial score (nSPS) is 18.2. The minimum atomic E-state index is -1.41. The van der Waals surface area contributed by atoms with Crippen molar-refractivity contribution in [2.45, 2.75) is 68.2 Å². The maximum Gasteiger partial charge on any atom is 0.340 e. The Morgan fingerprint density at radius 1 is 0.969 bits per heavy atom. The van der Waals surface area contributed by atoms with E-state index in [4.69, 9.17) is 26.2 Å². The lowest BCUT2D eigenvalue weighted by atomic mass is 9.77. The van der Waals surface area contributed by atoms with E-state index in [9.17, 15) is 39.3 Å². The highest BCUT2D eigenvalue weighted by atomic mass is 32.1. The van der Waals surface area contributed by atoms with Crippen molar-refractivity contribution in [3.05, 3.63) is 106 Å². The van der Waals surface area contributed by atoms with Crippen LogP contribution in [0.25, 0.3) is 0 Å². The number of likely N-dealkylation sites (tertiary alicyclic amines) is 1. The fourth-order valence-electron chi connectivity index (χ4n) is 8.53. The van der Waals surface area contributed by atoms with Crippen molar-refractivity contribution in [3.8, 4) is 23.0 Å². The molecule has 3 atom stereocenters. The zero-order valence-electron chi connectivity index (χ0n) is 34.1. The van der Waals surface area contributed by atoms with Crippen LogP contribution in [0.2, 0.25) is 0 Å². The predicted molar refractivity (Wildman–Crippen MR) is 226 cm³/mol. The van der Waals surface area contributed by atoms with Crippen LogP contribution in [0.15, 0.2) is 71.5 Å². The largest absolute Gasteiger partial charge is 0.508 e. The minimum Gasteiger partial charge on any atom is -0.508 e. The number of hydrogen-bond donors (Lipinski definition) is 7. The summed E-state index contributed by atoms with van der Waals surface area (Å²) in [6.07, 6.45) is 5.23. The summed E-state index contributed by atoms with van der Waals surface area (Å²) in [6, 6.07) is 11.1. The number of aromatic hydroxyl groups is 2. The van der Waals surface area contributed by atoms with Crippen molar-refractivity contribution >= 4 is 52.7 Å². The molecule has 21 heteroatoms. The number of ether oxygens (including phenoxy) is 2. The quantitative estimate of drug-likeness (QED) is 0.0507. The Morgan fingerprint density at radius 3 is 2.36 bits per heavy atom. The number of benzene rings is 3. The zero-order valence-corrected chi connectivity index (χ0v) is 34.9. The first-order valence-electron chi connectivity index (χ1n) is 20.5. The number of carbonyl (C=O) groups is 5. The summed E-state index contributed by atoms with van der Waals surface area (Å²) in [6.45, 7) is 0.323. The SMILES string of the molecule is Cn1nncc1C(=O)N[C@@H]1C[C@@H](C(=O)N[C@@H](CCCCNC(=S)Nc2ccc3c(c2)C(=O)OC32c3ccc(O)cc3Oc3cc(O)ccc32)C(=O)O)N(C(=O)c2cnoc2C2CC2)C1. The number of aryl methyl sites for hydroxylation is 1. The van der Waals surface area contributed by atoms with Crippen LogP contribution >= 0.6 is 12.2 Å². The lowest BCUT2D eigenvalue weighted by Crippen LogP contribution is -2.51. The second-order valence-electron chi connectivity index (χ2n) is 16.1. The molecule has 0 unspecified atom stereocenters. The highest BCUT2D eigenvalue weighted by Gasteiger charge is 2.54. The average molecular weight is 892 g/mol. The number of anilines is 1. The average Bonchev–Trinajstić information content (AvgIpc) is 3.53. The Balaban J connectivity index is 0.809. The number of nitrogens with one attached hydrogen (secondary N) is 4. The van der Waals surface area contributed by atoms with E-state index < -0.39 is 53.4 Å². The zero-order chi connectivity index (χ0) is 44.9. The maximum atomic E-state index is 13.9. The van der Waals surface area contributed by atoms with E-state index in [1.165, 1.54) is 46.2 Å². The van der Waals surface area contributed by atoms with Gasteiger partial charge in [0.15, 0.2) is 16.5 Å². The summed E-state index contributed by atoms with van der Waals surface area (Å²) in [5, 5.41) is 53.6. The van der Waals surface area contributed by atoms with Crippen LogP contribution in [0.3, 0.4) is 0 Å². The van der Waals surface area contributed by atoms with Gasteiger partial charge in [0.1, 0.15) is 46.3 Å². The van der Waals surface area contributed by atoms with Gasteiger partial charge in [0.05, 0.1) is 18.0 Å². The molecule has 5 aromatic rings. The van der Waals surface area contributed by atoms with Gasteiger partial charge in [-0.15, -0.1) is 5.10 Å². The second-order valence-corrected chi connectivity index (χ2v) is 16.5. The number of hydrogen-bond acceptors (Lipinski definition) is 14. The van der Waals surface area contributed by atoms with Gasteiger partial charge in [-0.2, -0.15) is 0 Å². The Morgan fingerprint density at radius 2 is 1.69 bits per heavy atom. The number of rotatable bonds is 13. The van der Waals surface area contributed by atoms with Gasteiger partial charge in [-0.05, 0) is 87.1 Å². The first-order chi connectivity index (χ1) is 30.8. The molecule has 1 saturated heterocycles. The Hall–Kier alpha value is -7.55. The summed E-state index contributed by atoms with van der Waals surface area (Å²) < 4.78 is 18.8. The number of nitrogens with zero attached hydrogens (tertiary/aromatic N) is 5. The lowest BCUT2D eigenvalue weighted by Gasteiger charge is -2.36. The number of carboxylic acid groups (broad SMARTS) is 1. The smallest absolute Gasteiger partial charge is 0.340 e. The van der Waals surface area contributed by atoms with Gasteiger partial charge in [-0.3, -0.25) is 14.4 Å². The number of aromatic nitrogens is 4. The number of unbranched alkanes of at least 4 members (excludes halogenated alkanes) is 1. The van der Waals surface area contributed by atoms with Gasteiger partial charge >= 0.3 is 11.9 Å². The van der Waals surface area contributed by atoms with Crippen molar-refractivity contribution in [1.29, 1.82) is 0 Å². The third-order valence-electron chi connectivity index (χ3n) is 11.8. The molecule has 3 amide bonds. The molecular weight excluding hydrogens is 851 g/mol. The van der Waals surface area contributed by atoms with E-state index in [1.54, 1.807) is 37.4 Å². The summed E-state index contributed by atoms with van der Waals surface area (Å²) in [7, 11) is 1.56. The van der Waals surface area contributed by atoms with Gasteiger partial charge < -0.3 is 55.5 Å². The molecule has 330 valence electrons. The van der Waals surface area contributed by atoms with E-state index >= 15 is 0 Å². The molecule has 1 spiro atoms. The van der Waals surface area contributed by atoms with E-state index in [0.29, 0.717) is 47.5 Å². The summed E-state index contributed by atoms with van der Waals surface area (Å²) >= 11 is 5.52. The van der Waals surface area contributed by atoms with Crippen molar-refractivity contribution in [2.24, 2.45) is 7.05 Å². The van der Waals surface area contributed by atoms with Crippen LogP contribution in [-0.4, -0.2) is 106 Å². The maximum absolute atomic E-state index is 13.9. The number of thiocarbonyl (C=S) groups is 1. The number of esters is 1. The molecule has 9 rings (SSSR count). The number of carboxylic acids is 1. The molecule has 2 aromatic heterocycles. The third kappa shape index (κ3) is 7.77. The number of phenols is 2. The van der Waals surface area contributed by atoms with E-state index in [1.807, 2.05) is 0 Å². The summed E-state index contributed by atoms with van der Waals surface area (Å²) in [5.74, 6) is -2.62. The molecule has 7 N–H and O–H groups in total. The molecule has 64 heavy (non-hydrogen) atoms. The van der Waals surface area contributed by atoms with E-state index in [0.717, 1.165) is 12.8 Å². The standard InChI is InChI=1S/C43H41N9O11S/c1-51-33(19-45-50-51)38(56)47-23-15-32(52(20-23)39(57)27-18-46-63-36(27)21-5-6-21)37(55)49-31(40(58)59)4-2-3-13-44-42(64)48-22-7-10-28-26(14-22)41(60)62-43(28)29-11-8-24(53)16-34(29)61-35-17-25(54)9-12-30(35)43/h7-12,14,16-19,21,23,31-32,53-54H,2-6,13,15,20H2,1H3,(H,47,56)(H,49,55)(H,58,59)(H2,44,48,64)/t23-,31+,32+/m1/s1. The summed E-state index contributed by atoms with van der Waals surface area (Å²) in [4.78, 5) is 67.9. The van der Waals surface area contributed by atoms with Gasteiger partial charge in [0.2, 0.25) is 5.91 Å². The van der Waals surface area contributed by atoms with Crippen LogP contribution < -0.4 is 26.0 Å². The Labute approximate surface area is 368 Å². The van der Waals surface area contributed by atoms with Crippen molar-refractivity contribution in [2.75, 3.05) is 18.4 Å². The second kappa shape index (κ2) is 16.6. The molecule has 5 heterocycles. The molecule has 1 aliphatic carbocycles. The number of aliphatic carboxylic acids is 1. The Kier molecular flexibility index (Phi) is 10.9. The van der Waals surface area contributed by atoms with Gasteiger partial charge in [-0.1, -0.05) is 16.4 Å². The number of phenolic OH excluding ortho intramolecular Hbond substituents is 2. The number of fused-ring (bicyclic) bond motifs is 6. The molecule has 0 radical (unpaired) electrons. The highest BCUT2D eigenvalue weighted by molar-refractivity contribution is 7.80. The molecule has 1 saturated carbocycles. The van der Waals surface area contributed by atoms with E-state index in [-0.39, 0.29) is 70.2 Å². The minimum absolute atomic E-state index is 0.0202. The van der Waals surface area contributed by atoms with Crippen LogP contribution in [-0.2, 0) is 27.0 Å². The van der Waals surface area contributed by atoms with Gasteiger partial charge in [0, 0.05) is 66.6 Å². The predicted octanol–water partition coefficient (Wildman–Crippen LogP) is 3.40.